The number of rotatable bonds is 7. The van der Waals surface area contributed by atoms with Crippen molar-refractivity contribution in [2.75, 3.05) is 5.32 Å². The summed E-state index contributed by atoms with van der Waals surface area (Å²) in [6, 6.07) is 11.0. The number of anilines is 2. The number of aryl methyl sites for hydroxylation is 2. The van der Waals surface area contributed by atoms with Gasteiger partial charge in [0.25, 0.3) is 5.91 Å². The highest BCUT2D eigenvalue weighted by Gasteiger charge is 2.17. The summed E-state index contributed by atoms with van der Waals surface area (Å²) < 4.78 is 32.2. The quantitative estimate of drug-likeness (QED) is 0.277. The van der Waals surface area contributed by atoms with E-state index >= 15 is 0 Å². The Bertz CT molecular complexity index is 1770. The Hall–Kier alpha value is -5.29. The Balaban J connectivity index is 1.26. The standard InChI is InChI=1S/C26H18F2N10OS/c1-13-7-21(36-26-37-22(9-29)40-38-26)35-24(33-13)16-8-18(27)23(31-12-16)25(39)32-11-15-3-5-19(30-10-15)17-4-6-20(28)34-14(17)2/h3-8,10,12H,11H2,1-2H3,(H,32,39)(H,33,35,36,38). The molecule has 0 aromatic carbocycles. The molecule has 2 N–H and O–H groups in total. The molecule has 40 heavy (non-hydrogen) atoms. The van der Waals surface area contributed by atoms with Crippen molar-refractivity contribution in [3.63, 3.8) is 0 Å². The zero-order chi connectivity index (χ0) is 28.2. The third-order valence-electron chi connectivity index (χ3n) is 5.54. The van der Waals surface area contributed by atoms with Gasteiger partial charge in [0.2, 0.25) is 16.9 Å². The van der Waals surface area contributed by atoms with Crippen LogP contribution in [-0.4, -0.2) is 40.2 Å². The molecular weight excluding hydrogens is 538 g/mol. The van der Waals surface area contributed by atoms with E-state index in [4.69, 9.17) is 5.26 Å². The molecule has 0 aliphatic rings. The second kappa shape index (κ2) is 11.2. The van der Waals surface area contributed by atoms with Crippen molar-refractivity contribution in [2.45, 2.75) is 20.4 Å². The van der Waals surface area contributed by atoms with Crippen molar-refractivity contribution in [2.24, 2.45) is 0 Å². The summed E-state index contributed by atoms with van der Waals surface area (Å²) in [5.74, 6) is -1.40. The van der Waals surface area contributed by atoms with E-state index in [0.717, 1.165) is 17.6 Å². The van der Waals surface area contributed by atoms with Crippen LogP contribution in [0.25, 0.3) is 22.6 Å². The van der Waals surface area contributed by atoms with Crippen molar-refractivity contribution in [1.29, 1.82) is 5.26 Å². The highest BCUT2D eigenvalue weighted by Crippen LogP contribution is 2.22. The number of carbonyl (C=O) groups excluding carboxylic acids is 1. The van der Waals surface area contributed by atoms with Crippen molar-refractivity contribution < 1.29 is 13.6 Å². The van der Waals surface area contributed by atoms with Gasteiger partial charge in [-0.2, -0.15) is 19.0 Å². The highest BCUT2D eigenvalue weighted by molar-refractivity contribution is 7.06. The summed E-state index contributed by atoms with van der Waals surface area (Å²) >= 11 is 0.940. The maximum atomic E-state index is 14.9. The van der Waals surface area contributed by atoms with Gasteiger partial charge in [0.05, 0.1) is 5.69 Å². The Morgan fingerprint density at radius 2 is 1.88 bits per heavy atom. The van der Waals surface area contributed by atoms with Crippen LogP contribution in [0, 0.1) is 36.9 Å². The van der Waals surface area contributed by atoms with Crippen LogP contribution in [0.4, 0.5) is 20.5 Å². The Morgan fingerprint density at radius 3 is 2.58 bits per heavy atom. The van der Waals surface area contributed by atoms with Gasteiger partial charge in [-0.3, -0.25) is 9.78 Å². The number of carbonyl (C=O) groups is 1. The van der Waals surface area contributed by atoms with Crippen molar-refractivity contribution in [3.8, 4) is 28.7 Å². The van der Waals surface area contributed by atoms with Gasteiger partial charge in [-0.25, -0.2) is 24.3 Å². The van der Waals surface area contributed by atoms with Crippen LogP contribution in [0.15, 0.2) is 48.8 Å². The molecule has 11 nitrogen and oxygen atoms in total. The van der Waals surface area contributed by atoms with Crippen LogP contribution in [0.2, 0.25) is 0 Å². The topological polar surface area (TPSA) is 155 Å². The molecule has 14 heteroatoms. The summed E-state index contributed by atoms with van der Waals surface area (Å²) in [5, 5.41) is 14.6. The summed E-state index contributed by atoms with van der Waals surface area (Å²) in [5.41, 5.74) is 2.93. The lowest BCUT2D eigenvalue weighted by atomic mass is 10.1. The average Bonchev–Trinajstić information content (AvgIpc) is 3.39. The van der Waals surface area contributed by atoms with E-state index in [1.807, 2.05) is 6.07 Å². The third-order valence-corrected chi connectivity index (χ3v) is 6.16. The average molecular weight is 557 g/mol. The Labute approximate surface area is 230 Å². The minimum absolute atomic E-state index is 0.0871. The molecule has 0 unspecified atom stereocenters. The van der Waals surface area contributed by atoms with Crippen molar-refractivity contribution in [1.82, 2.24) is 39.6 Å². The van der Waals surface area contributed by atoms with Crippen LogP contribution >= 0.6 is 11.5 Å². The lowest BCUT2D eigenvalue weighted by Gasteiger charge is -2.09. The Kier molecular flexibility index (Phi) is 7.38. The number of nitrogens with zero attached hydrogens (tertiary/aromatic N) is 8. The molecule has 5 aromatic rings. The second-order valence-electron chi connectivity index (χ2n) is 8.43. The van der Waals surface area contributed by atoms with Crippen molar-refractivity contribution >= 4 is 29.2 Å². The van der Waals surface area contributed by atoms with Crippen LogP contribution < -0.4 is 10.6 Å². The molecule has 0 radical (unpaired) electrons. The van der Waals surface area contributed by atoms with Crippen LogP contribution in [0.5, 0.6) is 0 Å². The molecule has 5 aromatic heterocycles. The predicted molar refractivity (Wildman–Crippen MR) is 141 cm³/mol. The number of amides is 1. The molecule has 5 rings (SSSR count). The molecule has 0 saturated heterocycles. The number of hydrogen-bond donors (Lipinski definition) is 2. The van der Waals surface area contributed by atoms with E-state index in [1.54, 1.807) is 44.3 Å². The van der Waals surface area contributed by atoms with Gasteiger partial charge in [0.1, 0.15) is 11.9 Å². The first kappa shape index (κ1) is 26.3. The number of nitrogens with one attached hydrogen (secondary N) is 2. The minimum Gasteiger partial charge on any atom is -0.346 e. The third kappa shape index (κ3) is 5.89. The fraction of sp³-hybridized carbons (Fsp3) is 0.115. The molecule has 5 heterocycles. The largest absolute Gasteiger partial charge is 0.346 e. The van der Waals surface area contributed by atoms with Gasteiger partial charge in [-0.05, 0) is 55.2 Å². The molecule has 0 aliphatic heterocycles. The zero-order valence-corrected chi connectivity index (χ0v) is 21.8. The molecule has 198 valence electrons. The molecule has 0 atom stereocenters. The molecular formula is C26H18F2N10OS. The van der Waals surface area contributed by atoms with Crippen LogP contribution in [0.3, 0.4) is 0 Å². The maximum Gasteiger partial charge on any atom is 0.273 e. The van der Waals surface area contributed by atoms with E-state index < -0.39 is 17.7 Å². The number of hydrogen-bond acceptors (Lipinski definition) is 11. The van der Waals surface area contributed by atoms with Crippen LogP contribution in [0.1, 0.15) is 32.4 Å². The molecule has 0 spiro atoms. The maximum absolute atomic E-state index is 14.9. The van der Waals surface area contributed by atoms with Crippen molar-refractivity contribution in [3.05, 3.63) is 88.2 Å². The number of pyridine rings is 3. The molecule has 0 fully saturated rings. The fourth-order valence-electron chi connectivity index (χ4n) is 3.68. The summed E-state index contributed by atoms with van der Waals surface area (Å²) in [6.45, 7) is 3.51. The summed E-state index contributed by atoms with van der Waals surface area (Å²) in [4.78, 5) is 37.5. The SMILES string of the molecule is Cc1cc(Nc2nsc(C#N)n2)nc(-c2cnc(C(=O)NCc3ccc(-c4ccc(F)nc4C)nc3)c(F)c2)n1. The van der Waals surface area contributed by atoms with Gasteiger partial charge < -0.3 is 10.6 Å². The smallest absolute Gasteiger partial charge is 0.273 e. The monoisotopic (exact) mass is 556 g/mol. The first-order valence-corrected chi connectivity index (χ1v) is 12.5. The second-order valence-corrected chi connectivity index (χ2v) is 9.19. The number of nitriles is 1. The fourth-order valence-corrected chi connectivity index (χ4v) is 4.11. The molecule has 0 bridgehead atoms. The summed E-state index contributed by atoms with van der Waals surface area (Å²) in [6.07, 6.45) is 2.87. The van der Waals surface area contributed by atoms with Gasteiger partial charge in [0.15, 0.2) is 17.3 Å². The highest BCUT2D eigenvalue weighted by atomic mass is 32.1. The lowest BCUT2D eigenvalue weighted by Crippen LogP contribution is -2.25. The first-order valence-electron chi connectivity index (χ1n) is 11.7. The van der Waals surface area contributed by atoms with E-state index in [9.17, 15) is 13.6 Å². The molecule has 0 saturated carbocycles. The first-order chi connectivity index (χ1) is 19.3. The predicted octanol–water partition coefficient (Wildman–Crippen LogP) is 4.29. The summed E-state index contributed by atoms with van der Waals surface area (Å²) in [7, 11) is 0. The number of aromatic nitrogens is 7. The van der Waals surface area contributed by atoms with E-state index in [-0.39, 0.29) is 34.6 Å². The number of halogens is 2. The van der Waals surface area contributed by atoms with E-state index in [2.05, 4.69) is 44.9 Å². The van der Waals surface area contributed by atoms with Gasteiger partial charge in [0, 0.05) is 47.5 Å². The van der Waals surface area contributed by atoms with E-state index in [1.165, 1.54) is 12.3 Å². The van der Waals surface area contributed by atoms with E-state index in [0.29, 0.717) is 34.0 Å². The zero-order valence-electron chi connectivity index (χ0n) is 21.0. The van der Waals surface area contributed by atoms with Crippen LogP contribution in [-0.2, 0) is 6.54 Å². The van der Waals surface area contributed by atoms with Gasteiger partial charge in [-0.1, -0.05) is 6.07 Å². The Morgan fingerprint density at radius 1 is 1.02 bits per heavy atom. The lowest BCUT2D eigenvalue weighted by molar-refractivity contribution is 0.0941. The van der Waals surface area contributed by atoms with Gasteiger partial charge in [-0.15, -0.1) is 0 Å². The molecule has 0 aliphatic carbocycles. The minimum atomic E-state index is -0.845. The normalized spacial score (nSPS) is 10.7. The molecule has 1 amide bonds. The van der Waals surface area contributed by atoms with Gasteiger partial charge >= 0.3 is 0 Å².